The minimum atomic E-state index is -1.14. The summed E-state index contributed by atoms with van der Waals surface area (Å²) in [6, 6.07) is 24.4. The number of nitrogens with zero attached hydrogens (tertiary/aromatic N) is 2. The lowest BCUT2D eigenvalue weighted by Gasteiger charge is -2.43. The van der Waals surface area contributed by atoms with Crippen molar-refractivity contribution in [2.75, 3.05) is 18.0 Å². The number of aliphatic hydroxyl groups is 1. The van der Waals surface area contributed by atoms with Gasteiger partial charge in [-0.25, -0.2) is 9.29 Å². The van der Waals surface area contributed by atoms with Gasteiger partial charge in [-0.1, -0.05) is 66.7 Å². The molecular weight excluding hydrogens is 431 g/mol. The van der Waals surface area contributed by atoms with Gasteiger partial charge in [-0.2, -0.15) is 0 Å². The maximum Gasteiger partial charge on any atom is 0.251 e. The molecule has 3 aromatic rings. The van der Waals surface area contributed by atoms with Crippen LogP contribution in [0.5, 0.6) is 0 Å². The molecule has 2 aliphatic heterocycles. The highest BCUT2D eigenvalue weighted by atomic mass is 19.1. The lowest BCUT2D eigenvalue weighted by Crippen LogP contribution is -2.49. The van der Waals surface area contributed by atoms with Crippen molar-refractivity contribution < 1.29 is 19.1 Å². The van der Waals surface area contributed by atoms with Crippen LogP contribution >= 0.6 is 0 Å². The predicted molar refractivity (Wildman–Crippen MR) is 127 cm³/mol. The highest BCUT2D eigenvalue weighted by Gasteiger charge is 2.46. The Morgan fingerprint density at radius 2 is 1.41 bits per heavy atom. The average molecular weight is 459 g/mol. The number of benzene rings is 3. The van der Waals surface area contributed by atoms with Crippen molar-refractivity contribution in [1.82, 2.24) is 4.90 Å². The van der Waals surface area contributed by atoms with E-state index in [9.17, 15) is 19.1 Å². The molecule has 3 aromatic carbocycles. The van der Waals surface area contributed by atoms with E-state index in [0.717, 1.165) is 16.0 Å². The van der Waals surface area contributed by atoms with Gasteiger partial charge in [0.15, 0.2) is 0 Å². The topological polar surface area (TPSA) is 60.9 Å². The quantitative estimate of drug-likeness (QED) is 0.585. The minimum absolute atomic E-state index is 0.0416. The average Bonchev–Trinajstić information content (AvgIpc) is 3.18. The lowest BCUT2D eigenvalue weighted by molar-refractivity contribution is -0.123. The smallest absolute Gasteiger partial charge is 0.251 e. The molecule has 2 saturated heterocycles. The Kier molecular flexibility index (Phi) is 6.02. The van der Waals surface area contributed by atoms with Crippen LogP contribution in [0.3, 0.4) is 0 Å². The second-order valence-electron chi connectivity index (χ2n) is 9.08. The summed E-state index contributed by atoms with van der Waals surface area (Å²) in [5.41, 5.74) is 0.834. The number of hydrogen-bond acceptors (Lipinski definition) is 4. The summed E-state index contributed by atoms with van der Waals surface area (Å²) in [7, 11) is 0. The number of rotatable bonds is 5. The molecule has 0 saturated carbocycles. The number of hydrogen-bond donors (Lipinski definition) is 1. The molecule has 6 heteroatoms. The first kappa shape index (κ1) is 22.4. The number of amides is 2. The van der Waals surface area contributed by atoms with Crippen LogP contribution in [0.2, 0.25) is 0 Å². The molecule has 5 rings (SSSR count). The van der Waals surface area contributed by atoms with Crippen LogP contribution in [0.15, 0.2) is 84.9 Å². The second-order valence-corrected chi connectivity index (χ2v) is 9.08. The summed E-state index contributed by atoms with van der Waals surface area (Å²) < 4.78 is 13.7. The van der Waals surface area contributed by atoms with E-state index in [1.165, 1.54) is 18.2 Å². The Hall–Kier alpha value is -3.35. The molecule has 2 fully saturated rings. The van der Waals surface area contributed by atoms with Gasteiger partial charge >= 0.3 is 0 Å². The molecule has 5 nitrogen and oxygen atoms in total. The number of halogens is 1. The van der Waals surface area contributed by atoms with E-state index >= 15 is 0 Å². The van der Waals surface area contributed by atoms with Crippen LogP contribution in [0, 0.1) is 11.7 Å². The first-order valence-electron chi connectivity index (χ1n) is 11.7. The molecule has 2 amide bonds. The predicted octanol–water partition coefficient (Wildman–Crippen LogP) is 4.11. The Labute approximate surface area is 198 Å². The SMILES string of the molecule is O=C1C[C@H](N2CCC(C(O)(c3ccccc3)c3ccccc3)CC2)C(=O)N1c1cccc(F)c1. The van der Waals surface area contributed by atoms with Gasteiger partial charge in [-0.05, 0) is 61.2 Å². The van der Waals surface area contributed by atoms with Gasteiger partial charge in [-0.3, -0.25) is 14.5 Å². The van der Waals surface area contributed by atoms with E-state index in [1.807, 2.05) is 65.6 Å². The summed E-state index contributed by atoms with van der Waals surface area (Å²) in [6.07, 6.45) is 1.44. The van der Waals surface area contributed by atoms with Crippen LogP contribution in [0.25, 0.3) is 0 Å². The van der Waals surface area contributed by atoms with Gasteiger partial charge in [-0.15, -0.1) is 0 Å². The third-order valence-corrected chi connectivity index (χ3v) is 7.18. The lowest BCUT2D eigenvalue weighted by atomic mass is 9.72. The largest absolute Gasteiger partial charge is 0.380 e. The van der Waals surface area contributed by atoms with Crippen LogP contribution < -0.4 is 4.90 Å². The molecule has 0 spiro atoms. The molecule has 0 bridgehead atoms. The summed E-state index contributed by atoms with van der Waals surface area (Å²) in [6.45, 7) is 1.18. The molecule has 0 unspecified atom stereocenters. The van der Waals surface area contributed by atoms with Gasteiger partial charge in [0.1, 0.15) is 11.4 Å². The van der Waals surface area contributed by atoms with E-state index in [2.05, 4.69) is 0 Å². The zero-order valence-corrected chi connectivity index (χ0v) is 18.8. The van der Waals surface area contributed by atoms with Crippen molar-refractivity contribution in [1.29, 1.82) is 0 Å². The fourth-order valence-corrected chi connectivity index (χ4v) is 5.44. The molecule has 1 N–H and O–H groups in total. The molecular formula is C28H27FN2O3. The van der Waals surface area contributed by atoms with Crippen molar-refractivity contribution in [3.63, 3.8) is 0 Å². The molecule has 1 atom stereocenters. The van der Waals surface area contributed by atoms with Gasteiger partial charge < -0.3 is 5.11 Å². The van der Waals surface area contributed by atoms with E-state index in [4.69, 9.17) is 0 Å². The molecule has 0 radical (unpaired) electrons. The number of carbonyl (C=O) groups excluding carboxylic acids is 2. The minimum Gasteiger partial charge on any atom is -0.380 e. The monoisotopic (exact) mass is 458 g/mol. The van der Waals surface area contributed by atoms with Gasteiger partial charge in [0.05, 0.1) is 18.2 Å². The molecule has 34 heavy (non-hydrogen) atoms. The molecule has 0 aliphatic carbocycles. The first-order valence-corrected chi connectivity index (χ1v) is 11.7. The Balaban J connectivity index is 1.35. The highest BCUT2D eigenvalue weighted by molar-refractivity contribution is 6.22. The molecule has 0 aromatic heterocycles. The van der Waals surface area contributed by atoms with Crippen molar-refractivity contribution in [2.45, 2.75) is 30.9 Å². The molecule has 174 valence electrons. The normalized spacial score (nSPS) is 20.2. The van der Waals surface area contributed by atoms with E-state index < -0.39 is 17.5 Å². The zero-order valence-electron chi connectivity index (χ0n) is 18.8. The van der Waals surface area contributed by atoms with Gasteiger partial charge in [0.25, 0.3) is 5.91 Å². The summed E-state index contributed by atoms with van der Waals surface area (Å²) >= 11 is 0. The number of imide groups is 1. The third kappa shape index (κ3) is 3.93. The second kappa shape index (κ2) is 9.12. The van der Waals surface area contributed by atoms with E-state index in [1.54, 1.807) is 6.07 Å². The van der Waals surface area contributed by atoms with Crippen LogP contribution in [0.1, 0.15) is 30.4 Å². The summed E-state index contributed by atoms with van der Waals surface area (Å²) in [5.74, 6) is -1.15. The van der Waals surface area contributed by atoms with E-state index in [-0.39, 0.29) is 29.8 Å². The number of likely N-dealkylation sites (tertiary alicyclic amines) is 1. The number of carbonyl (C=O) groups is 2. The van der Waals surface area contributed by atoms with Crippen LogP contribution in [-0.2, 0) is 15.2 Å². The number of anilines is 1. The molecule has 2 heterocycles. The fourth-order valence-electron chi connectivity index (χ4n) is 5.44. The maximum atomic E-state index is 13.7. The van der Waals surface area contributed by atoms with Crippen molar-refractivity contribution >= 4 is 17.5 Å². The summed E-state index contributed by atoms with van der Waals surface area (Å²) in [5, 5.41) is 12.1. The summed E-state index contributed by atoms with van der Waals surface area (Å²) in [4.78, 5) is 28.9. The molecule has 2 aliphatic rings. The van der Waals surface area contributed by atoms with Gasteiger partial charge in [0.2, 0.25) is 5.91 Å². The first-order chi connectivity index (χ1) is 16.5. The Morgan fingerprint density at radius 3 is 1.97 bits per heavy atom. The zero-order chi connectivity index (χ0) is 23.7. The van der Waals surface area contributed by atoms with Gasteiger partial charge in [0, 0.05) is 0 Å². The fraction of sp³-hybridized carbons (Fsp3) is 0.286. The van der Waals surface area contributed by atoms with Crippen molar-refractivity contribution in [3.05, 3.63) is 102 Å². The van der Waals surface area contributed by atoms with Crippen LogP contribution in [-0.4, -0.2) is 41.0 Å². The maximum absolute atomic E-state index is 13.7. The standard InChI is InChI=1S/C28H27FN2O3/c29-23-12-7-13-24(18-23)31-26(32)19-25(27(31)33)30-16-14-22(15-17-30)28(34,20-8-3-1-4-9-20)21-10-5-2-6-11-21/h1-13,18,22,25,34H,14-17,19H2/t25-/m0/s1. The highest BCUT2D eigenvalue weighted by Crippen LogP contribution is 2.42. The van der Waals surface area contributed by atoms with Crippen molar-refractivity contribution in [3.8, 4) is 0 Å². The van der Waals surface area contributed by atoms with Crippen LogP contribution in [0.4, 0.5) is 10.1 Å². The Morgan fingerprint density at radius 1 is 0.824 bits per heavy atom. The number of piperidine rings is 1. The van der Waals surface area contributed by atoms with E-state index in [0.29, 0.717) is 25.9 Å². The van der Waals surface area contributed by atoms with Crippen molar-refractivity contribution in [2.24, 2.45) is 5.92 Å². The Bertz CT molecular complexity index is 1140. The third-order valence-electron chi connectivity index (χ3n) is 7.18.